The Labute approximate surface area is 118 Å². The number of hydrogen-bond acceptors (Lipinski definition) is 4. The molecule has 6 heteroatoms. The Bertz CT molecular complexity index is 432. The number of thioether (sulfide) groups is 1. The molecule has 19 heavy (non-hydrogen) atoms. The Morgan fingerprint density at radius 1 is 1.42 bits per heavy atom. The smallest absolute Gasteiger partial charge is 0.291 e. The van der Waals surface area contributed by atoms with Crippen molar-refractivity contribution in [1.29, 1.82) is 0 Å². The first-order valence-electron chi connectivity index (χ1n) is 6.87. The molecule has 1 aromatic heterocycles. The van der Waals surface area contributed by atoms with Crippen LogP contribution in [0.4, 0.5) is 0 Å². The summed E-state index contributed by atoms with van der Waals surface area (Å²) in [6, 6.07) is 0.247. The lowest BCUT2D eigenvalue weighted by molar-refractivity contribution is 0.0919. The Kier molecular flexibility index (Phi) is 4.85. The standard InChI is InChI=1S/C13H22N4OS/c1-8(2)11-15-12(17-16-11)13(18)14-9-6-4-5-7-10(9)19-3/h8-10H,4-7H2,1-3H3,(H,14,18)(H,15,16,17). The molecule has 1 aliphatic carbocycles. The molecule has 0 bridgehead atoms. The molecule has 1 saturated carbocycles. The molecule has 2 atom stereocenters. The molecular formula is C13H22N4OS. The maximum atomic E-state index is 12.1. The number of hydrogen-bond donors (Lipinski definition) is 2. The second kappa shape index (κ2) is 6.41. The van der Waals surface area contributed by atoms with E-state index in [4.69, 9.17) is 0 Å². The second-order valence-electron chi connectivity index (χ2n) is 5.34. The van der Waals surface area contributed by atoms with Crippen LogP contribution in [-0.4, -0.2) is 38.6 Å². The van der Waals surface area contributed by atoms with Gasteiger partial charge in [0.15, 0.2) is 0 Å². The van der Waals surface area contributed by atoms with E-state index in [9.17, 15) is 4.79 Å². The van der Waals surface area contributed by atoms with Crippen molar-refractivity contribution in [2.45, 2.75) is 56.7 Å². The average Bonchev–Trinajstić information content (AvgIpc) is 2.89. The lowest BCUT2D eigenvalue weighted by Crippen LogP contribution is -2.44. The van der Waals surface area contributed by atoms with Gasteiger partial charge in [0.05, 0.1) is 0 Å². The summed E-state index contributed by atoms with van der Waals surface area (Å²) in [7, 11) is 0. The second-order valence-corrected chi connectivity index (χ2v) is 6.41. The molecular weight excluding hydrogens is 260 g/mol. The number of nitrogens with zero attached hydrogens (tertiary/aromatic N) is 2. The fraction of sp³-hybridized carbons (Fsp3) is 0.769. The predicted molar refractivity (Wildman–Crippen MR) is 77.5 cm³/mol. The molecule has 0 aliphatic heterocycles. The number of aromatic nitrogens is 3. The molecule has 5 nitrogen and oxygen atoms in total. The number of carbonyl (C=O) groups is 1. The first-order chi connectivity index (χ1) is 9.11. The molecule has 2 unspecified atom stereocenters. The van der Waals surface area contributed by atoms with Crippen molar-refractivity contribution in [3.05, 3.63) is 11.6 Å². The summed E-state index contributed by atoms with van der Waals surface area (Å²) in [5.74, 6) is 1.11. The number of amides is 1. The van der Waals surface area contributed by atoms with Gasteiger partial charge in [-0.1, -0.05) is 26.7 Å². The van der Waals surface area contributed by atoms with Gasteiger partial charge in [-0.25, -0.2) is 4.98 Å². The minimum Gasteiger partial charge on any atom is -0.345 e. The highest BCUT2D eigenvalue weighted by Gasteiger charge is 2.27. The van der Waals surface area contributed by atoms with E-state index in [0.717, 1.165) is 12.2 Å². The zero-order valence-corrected chi connectivity index (χ0v) is 12.6. The third-order valence-electron chi connectivity index (χ3n) is 3.57. The molecule has 0 aromatic carbocycles. The molecule has 1 aromatic rings. The lowest BCUT2D eigenvalue weighted by Gasteiger charge is -2.30. The third kappa shape index (κ3) is 3.49. The molecule has 0 saturated heterocycles. The van der Waals surface area contributed by atoms with E-state index in [1.165, 1.54) is 19.3 Å². The first-order valence-corrected chi connectivity index (χ1v) is 8.16. The van der Waals surface area contributed by atoms with Gasteiger partial charge in [-0.3, -0.25) is 9.89 Å². The number of carbonyl (C=O) groups excluding carboxylic acids is 1. The Balaban J connectivity index is 1.99. The van der Waals surface area contributed by atoms with Crippen molar-refractivity contribution >= 4 is 17.7 Å². The summed E-state index contributed by atoms with van der Waals surface area (Å²) in [6.07, 6.45) is 6.79. The summed E-state index contributed by atoms with van der Waals surface area (Å²) in [5.41, 5.74) is 0. The minimum atomic E-state index is -0.158. The normalized spacial score (nSPS) is 23.6. The van der Waals surface area contributed by atoms with Crippen LogP contribution >= 0.6 is 11.8 Å². The molecule has 1 aliphatic rings. The largest absolute Gasteiger partial charge is 0.345 e. The van der Waals surface area contributed by atoms with Crippen molar-refractivity contribution in [3.63, 3.8) is 0 Å². The van der Waals surface area contributed by atoms with Gasteiger partial charge in [0.1, 0.15) is 5.82 Å². The summed E-state index contributed by atoms with van der Waals surface area (Å²) < 4.78 is 0. The molecule has 106 valence electrons. The van der Waals surface area contributed by atoms with Crippen LogP contribution in [0.25, 0.3) is 0 Å². The fourth-order valence-corrected chi connectivity index (χ4v) is 3.35. The SMILES string of the molecule is CSC1CCCCC1NC(=O)c1n[nH]c(C(C)C)n1. The molecule has 2 rings (SSSR count). The van der Waals surface area contributed by atoms with Crippen LogP contribution in [0, 0.1) is 0 Å². The van der Waals surface area contributed by atoms with Gasteiger partial charge < -0.3 is 5.32 Å². The van der Waals surface area contributed by atoms with E-state index < -0.39 is 0 Å². The van der Waals surface area contributed by atoms with Crippen LogP contribution in [-0.2, 0) is 0 Å². The van der Waals surface area contributed by atoms with Gasteiger partial charge in [0.25, 0.3) is 5.91 Å². The Morgan fingerprint density at radius 2 is 2.16 bits per heavy atom. The number of rotatable bonds is 4. The van der Waals surface area contributed by atoms with Gasteiger partial charge in [-0.05, 0) is 19.1 Å². The van der Waals surface area contributed by atoms with E-state index in [0.29, 0.717) is 5.25 Å². The van der Waals surface area contributed by atoms with E-state index in [2.05, 4.69) is 26.8 Å². The summed E-state index contributed by atoms with van der Waals surface area (Å²) >= 11 is 1.84. The highest BCUT2D eigenvalue weighted by Crippen LogP contribution is 2.27. The molecule has 2 N–H and O–H groups in total. The van der Waals surface area contributed by atoms with Crippen molar-refractivity contribution in [2.24, 2.45) is 0 Å². The molecule has 0 radical (unpaired) electrons. The zero-order chi connectivity index (χ0) is 13.8. The first kappa shape index (κ1) is 14.4. The lowest BCUT2D eigenvalue weighted by atomic mass is 9.95. The highest BCUT2D eigenvalue weighted by molar-refractivity contribution is 7.99. The van der Waals surface area contributed by atoms with Crippen LogP contribution in [0.1, 0.15) is 61.9 Å². The van der Waals surface area contributed by atoms with Gasteiger partial charge in [-0.2, -0.15) is 11.8 Å². The molecule has 0 spiro atoms. The van der Waals surface area contributed by atoms with Gasteiger partial charge in [0, 0.05) is 17.2 Å². The molecule has 1 amide bonds. The predicted octanol–water partition coefficient (Wildman–Crippen LogP) is 2.33. The Hall–Kier alpha value is -1.04. The van der Waals surface area contributed by atoms with Crippen LogP contribution in [0.15, 0.2) is 0 Å². The molecule has 1 fully saturated rings. The number of nitrogens with one attached hydrogen (secondary N) is 2. The summed E-state index contributed by atoms with van der Waals surface area (Å²) in [4.78, 5) is 16.4. The maximum Gasteiger partial charge on any atom is 0.291 e. The van der Waals surface area contributed by atoms with Crippen molar-refractivity contribution in [1.82, 2.24) is 20.5 Å². The summed E-state index contributed by atoms with van der Waals surface area (Å²) in [5, 5.41) is 10.4. The third-order valence-corrected chi connectivity index (χ3v) is 4.74. The van der Waals surface area contributed by atoms with Gasteiger partial charge in [-0.15, -0.1) is 5.10 Å². The van der Waals surface area contributed by atoms with E-state index in [1.54, 1.807) is 0 Å². The van der Waals surface area contributed by atoms with Gasteiger partial charge in [0.2, 0.25) is 5.82 Å². The van der Waals surface area contributed by atoms with E-state index in [1.807, 2.05) is 25.6 Å². The van der Waals surface area contributed by atoms with Crippen LogP contribution in [0.2, 0.25) is 0 Å². The van der Waals surface area contributed by atoms with Crippen LogP contribution in [0.5, 0.6) is 0 Å². The maximum absolute atomic E-state index is 12.1. The van der Waals surface area contributed by atoms with Crippen molar-refractivity contribution < 1.29 is 4.79 Å². The zero-order valence-electron chi connectivity index (χ0n) is 11.8. The topological polar surface area (TPSA) is 70.7 Å². The van der Waals surface area contributed by atoms with Crippen LogP contribution < -0.4 is 5.32 Å². The number of aromatic amines is 1. The minimum absolute atomic E-state index is 0.158. The Morgan fingerprint density at radius 3 is 2.79 bits per heavy atom. The van der Waals surface area contributed by atoms with Crippen LogP contribution in [0.3, 0.4) is 0 Å². The quantitative estimate of drug-likeness (QED) is 0.889. The monoisotopic (exact) mass is 282 g/mol. The average molecular weight is 282 g/mol. The highest BCUT2D eigenvalue weighted by atomic mass is 32.2. The van der Waals surface area contributed by atoms with Crippen molar-refractivity contribution in [3.8, 4) is 0 Å². The summed E-state index contributed by atoms with van der Waals surface area (Å²) in [6.45, 7) is 4.04. The number of H-pyrrole nitrogens is 1. The van der Waals surface area contributed by atoms with E-state index >= 15 is 0 Å². The van der Waals surface area contributed by atoms with Crippen molar-refractivity contribution in [2.75, 3.05) is 6.26 Å². The molecule has 1 heterocycles. The van der Waals surface area contributed by atoms with Gasteiger partial charge >= 0.3 is 0 Å². The fourth-order valence-electron chi connectivity index (χ4n) is 2.41. The van der Waals surface area contributed by atoms with E-state index in [-0.39, 0.29) is 23.7 Å².